The Balaban J connectivity index is 2.26. The van der Waals surface area contributed by atoms with Gasteiger partial charge in [0.15, 0.2) is 6.30 Å². The lowest BCUT2D eigenvalue weighted by Crippen LogP contribution is -2.46. The molecule has 0 N–H and O–H groups in total. The maximum Gasteiger partial charge on any atom is 0.150 e. The number of hydrogen-bond donors (Lipinski definition) is 0. The second-order valence-electron chi connectivity index (χ2n) is 2.91. The maximum atomic E-state index is 12.6. The van der Waals surface area contributed by atoms with E-state index in [4.69, 9.17) is 0 Å². The minimum atomic E-state index is -0.770. The van der Waals surface area contributed by atoms with Crippen molar-refractivity contribution in [1.29, 1.82) is 0 Å². The zero-order valence-corrected chi connectivity index (χ0v) is 6.68. The van der Waals surface area contributed by atoms with E-state index in [0.717, 1.165) is 26.2 Å². The Bertz CT molecular complexity index is 97.8. The third-order valence-electron chi connectivity index (χ3n) is 2.04. The van der Waals surface area contributed by atoms with Crippen molar-refractivity contribution in [3.05, 3.63) is 0 Å². The number of hydrogen-bond acceptors (Lipinski definition) is 2. The number of piperazine rings is 1. The van der Waals surface area contributed by atoms with Crippen LogP contribution >= 0.6 is 0 Å². The molecule has 0 saturated carbocycles. The summed E-state index contributed by atoms with van der Waals surface area (Å²) in [5, 5.41) is 0. The van der Waals surface area contributed by atoms with E-state index < -0.39 is 6.30 Å². The minimum Gasteiger partial charge on any atom is -0.304 e. The Labute approximate surface area is 61.6 Å². The molecule has 0 radical (unpaired) electrons. The molecule has 0 bridgehead atoms. The van der Waals surface area contributed by atoms with Crippen molar-refractivity contribution in [3.8, 4) is 0 Å². The predicted molar refractivity (Wildman–Crippen MR) is 39.6 cm³/mol. The van der Waals surface area contributed by atoms with Gasteiger partial charge in [0.2, 0.25) is 0 Å². The average molecular weight is 146 g/mol. The number of halogens is 1. The number of likely N-dealkylation sites (N-methyl/N-ethyl adjacent to an activating group) is 1. The van der Waals surface area contributed by atoms with Gasteiger partial charge in [0, 0.05) is 26.2 Å². The second-order valence-corrected chi connectivity index (χ2v) is 2.91. The summed E-state index contributed by atoms with van der Waals surface area (Å²) in [4.78, 5) is 4.08. The standard InChI is InChI=1S/C7H15FN2/c1-7(8)10-5-3-9(2)4-6-10/h7H,3-6H2,1-2H3/t7-/m0/s1. The van der Waals surface area contributed by atoms with Gasteiger partial charge in [-0.25, -0.2) is 4.39 Å². The van der Waals surface area contributed by atoms with Crippen LogP contribution in [-0.2, 0) is 0 Å². The highest BCUT2D eigenvalue weighted by Gasteiger charge is 2.17. The van der Waals surface area contributed by atoms with Crippen LogP contribution in [-0.4, -0.2) is 49.3 Å². The van der Waals surface area contributed by atoms with E-state index in [0.29, 0.717) is 0 Å². The van der Waals surface area contributed by atoms with Gasteiger partial charge in [-0.05, 0) is 14.0 Å². The summed E-state index contributed by atoms with van der Waals surface area (Å²) in [5.41, 5.74) is 0. The largest absolute Gasteiger partial charge is 0.304 e. The third-order valence-corrected chi connectivity index (χ3v) is 2.04. The molecule has 0 aromatic heterocycles. The molecule has 1 fully saturated rings. The van der Waals surface area contributed by atoms with E-state index in [9.17, 15) is 4.39 Å². The summed E-state index contributed by atoms with van der Waals surface area (Å²) in [6.45, 7) is 5.33. The molecular formula is C7H15FN2. The number of rotatable bonds is 1. The smallest absolute Gasteiger partial charge is 0.150 e. The maximum absolute atomic E-state index is 12.6. The summed E-state index contributed by atoms with van der Waals surface area (Å²) >= 11 is 0. The highest BCUT2D eigenvalue weighted by Crippen LogP contribution is 2.04. The first-order valence-corrected chi connectivity index (χ1v) is 3.77. The van der Waals surface area contributed by atoms with Crippen molar-refractivity contribution in [3.63, 3.8) is 0 Å². The second kappa shape index (κ2) is 3.30. The monoisotopic (exact) mass is 146 g/mol. The van der Waals surface area contributed by atoms with Crippen LogP contribution in [0.4, 0.5) is 4.39 Å². The number of alkyl halides is 1. The molecule has 3 heteroatoms. The molecule has 0 aromatic carbocycles. The van der Waals surface area contributed by atoms with E-state index in [1.54, 1.807) is 6.92 Å². The first-order chi connectivity index (χ1) is 4.70. The quantitative estimate of drug-likeness (QED) is 0.498. The van der Waals surface area contributed by atoms with Crippen LogP contribution in [0.5, 0.6) is 0 Å². The summed E-state index contributed by atoms with van der Waals surface area (Å²) in [7, 11) is 2.07. The molecule has 60 valence electrons. The zero-order chi connectivity index (χ0) is 7.56. The first-order valence-electron chi connectivity index (χ1n) is 3.77. The molecule has 1 rings (SSSR count). The highest BCUT2D eigenvalue weighted by atomic mass is 19.1. The van der Waals surface area contributed by atoms with E-state index >= 15 is 0 Å². The van der Waals surface area contributed by atoms with Crippen LogP contribution in [0.3, 0.4) is 0 Å². The molecule has 2 nitrogen and oxygen atoms in total. The lowest BCUT2D eigenvalue weighted by Gasteiger charge is -2.32. The summed E-state index contributed by atoms with van der Waals surface area (Å²) < 4.78 is 12.6. The topological polar surface area (TPSA) is 6.48 Å². The molecule has 1 saturated heterocycles. The molecule has 1 heterocycles. The van der Waals surface area contributed by atoms with Crippen molar-refractivity contribution < 1.29 is 4.39 Å². The molecular weight excluding hydrogens is 131 g/mol. The van der Waals surface area contributed by atoms with Crippen LogP contribution in [0.2, 0.25) is 0 Å². The Morgan fingerprint density at radius 2 is 1.70 bits per heavy atom. The van der Waals surface area contributed by atoms with Crippen molar-refractivity contribution in [1.82, 2.24) is 9.80 Å². The molecule has 1 aliphatic heterocycles. The Morgan fingerprint density at radius 3 is 2.10 bits per heavy atom. The highest BCUT2D eigenvalue weighted by molar-refractivity contribution is 4.69. The van der Waals surface area contributed by atoms with Gasteiger partial charge in [0.1, 0.15) is 0 Å². The third kappa shape index (κ3) is 1.92. The van der Waals surface area contributed by atoms with E-state index in [-0.39, 0.29) is 0 Å². The summed E-state index contributed by atoms with van der Waals surface area (Å²) in [6, 6.07) is 0. The summed E-state index contributed by atoms with van der Waals surface area (Å²) in [5.74, 6) is 0. The van der Waals surface area contributed by atoms with Gasteiger partial charge in [0.25, 0.3) is 0 Å². The zero-order valence-electron chi connectivity index (χ0n) is 6.68. The molecule has 10 heavy (non-hydrogen) atoms. The van der Waals surface area contributed by atoms with Gasteiger partial charge >= 0.3 is 0 Å². The van der Waals surface area contributed by atoms with Gasteiger partial charge < -0.3 is 4.90 Å². The van der Waals surface area contributed by atoms with Crippen LogP contribution in [0.1, 0.15) is 6.92 Å². The molecule has 0 aliphatic carbocycles. The summed E-state index contributed by atoms with van der Waals surface area (Å²) in [6.07, 6.45) is -0.770. The van der Waals surface area contributed by atoms with Crippen molar-refractivity contribution in [2.45, 2.75) is 13.2 Å². The fourth-order valence-electron chi connectivity index (χ4n) is 1.18. The van der Waals surface area contributed by atoms with Crippen LogP contribution in [0, 0.1) is 0 Å². The molecule has 1 aliphatic rings. The Hall–Kier alpha value is -0.150. The van der Waals surface area contributed by atoms with E-state index in [1.807, 2.05) is 4.90 Å². The minimum absolute atomic E-state index is 0.770. The molecule has 1 atom stereocenters. The van der Waals surface area contributed by atoms with Crippen molar-refractivity contribution >= 4 is 0 Å². The van der Waals surface area contributed by atoms with E-state index in [2.05, 4.69) is 11.9 Å². The first kappa shape index (κ1) is 7.95. The molecule has 0 aromatic rings. The molecule has 0 spiro atoms. The molecule has 0 unspecified atom stereocenters. The predicted octanol–water partition coefficient (Wildman–Crippen LogP) is 0.549. The van der Waals surface area contributed by atoms with Crippen molar-refractivity contribution in [2.24, 2.45) is 0 Å². The fourth-order valence-corrected chi connectivity index (χ4v) is 1.18. The van der Waals surface area contributed by atoms with Crippen molar-refractivity contribution in [2.75, 3.05) is 33.2 Å². The number of nitrogens with zero attached hydrogens (tertiary/aromatic N) is 2. The van der Waals surface area contributed by atoms with Gasteiger partial charge in [-0.15, -0.1) is 0 Å². The Kier molecular flexibility index (Phi) is 2.63. The van der Waals surface area contributed by atoms with Gasteiger partial charge in [-0.2, -0.15) is 0 Å². The van der Waals surface area contributed by atoms with E-state index in [1.165, 1.54) is 0 Å². The van der Waals surface area contributed by atoms with Gasteiger partial charge in [-0.1, -0.05) is 0 Å². The molecule has 0 amide bonds. The lowest BCUT2D eigenvalue weighted by molar-refractivity contribution is 0.0512. The average Bonchev–Trinajstić information content (AvgIpc) is 1.88. The van der Waals surface area contributed by atoms with Gasteiger partial charge in [-0.3, -0.25) is 4.90 Å². The SMILES string of the molecule is C[C@@H](F)N1CCN(C)CC1. The van der Waals surface area contributed by atoms with Crippen LogP contribution in [0.15, 0.2) is 0 Å². The normalized spacial score (nSPS) is 26.7. The van der Waals surface area contributed by atoms with Crippen LogP contribution in [0.25, 0.3) is 0 Å². The fraction of sp³-hybridized carbons (Fsp3) is 1.00. The van der Waals surface area contributed by atoms with Crippen LogP contribution < -0.4 is 0 Å². The Morgan fingerprint density at radius 1 is 1.20 bits per heavy atom. The van der Waals surface area contributed by atoms with Gasteiger partial charge in [0.05, 0.1) is 0 Å². The lowest BCUT2D eigenvalue weighted by atomic mass is 10.3.